The number of nitrogens with two attached hydrogens (primary N) is 1. The summed E-state index contributed by atoms with van der Waals surface area (Å²) in [5.41, 5.74) is 10.8. The van der Waals surface area contributed by atoms with Crippen LogP contribution in [0.1, 0.15) is 16.2 Å². The first-order valence-corrected chi connectivity index (χ1v) is 9.10. The molecule has 0 bridgehead atoms. The zero-order valence-corrected chi connectivity index (χ0v) is 15.3. The zero-order chi connectivity index (χ0) is 19.8. The smallest absolute Gasteiger partial charge is 0.274 e. The van der Waals surface area contributed by atoms with E-state index < -0.39 is 0 Å². The van der Waals surface area contributed by atoms with E-state index in [2.05, 4.69) is 30.5 Å². The van der Waals surface area contributed by atoms with Crippen molar-refractivity contribution in [3.63, 3.8) is 0 Å². The minimum Gasteiger partial charge on any atom is -0.346 e. The molecule has 0 aliphatic carbocycles. The van der Waals surface area contributed by atoms with Gasteiger partial charge in [-0.05, 0) is 47.5 Å². The van der Waals surface area contributed by atoms with E-state index in [1.54, 1.807) is 30.6 Å². The molecular weight excluding hydrogens is 366 g/mol. The van der Waals surface area contributed by atoms with Crippen LogP contribution in [-0.4, -0.2) is 31.1 Å². The number of carbonyl (C=O) groups is 1. The van der Waals surface area contributed by atoms with Gasteiger partial charge in [-0.15, -0.1) is 0 Å². The van der Waals surface area contributed by atoms with Crippen LogP contribution < -0.4 is 11.1 Å². The zero-order valence-electron chi connectivity index (χ0n) is 15.3. The summed E-state index contributed by atoms with van der Waals surface area (Å²) in [6.07, 6.45) is 5.30. The standard InChI is InChI=1S/C21H17N7O/c22-10-13-2-1-3-17(26-13)21(29)27-18-8-12(9-19-16(18)11-25-28-19)14-4-6-23-20-15(14)5-7-24-20/h1-9,11H,10,22H2,(H,23,24)(H,25,28)(H,27,29). The topological polar surface area (TPSA) is 125 Å². The highest BCUT2D eigenvalue weighted by Gasteiger charge is 2.14. The van der Waals surface area contributed by atoms with Crippen LogP contribution in [0.2, 0.25) is 0 Å². The molecule has 0 saturated heterocycles. The maximum atomic E-state index is 12.8. The lowest BCUT2D eigenvalue weighted by molar-refractivity contribution is 0.102. The molecule has 142 valence electrons. The molecule has 0 atom stereocenters. The average molecular weight is 383 g/mol. The maximum absolute atomic E-state index is 12.8. The second kappa shape index (κ2) is 6.84. The molecule has 0 aliphatic heterocycles. The highest BCUT2D eigenvalue weighted by Crippen LogP contribution is 2.33. The van der Waals surface area contributed by atoms with Gasteiger partial charge in [-0.25, -0.2) is 9.97 Å². The number of aromatic amines is 2. The summed E-state index contributed by atoms with van der Waals surface area (Å²) >= 11 is 0. The molecule has 1 aromatic carbocycles. The van der Waals surface area contributed by atoms with E-state index in [1.165, 1.54) is 0 Å². The van der Waals surface area contributed by atoms with Crippen molar-refractivity contribution in [2.24, 2.45) is 5.73 Å². The van der Waals surface area contributed by atoms with Crippen LogP contribution in [0.5, 0.6) is 0 Å². The fourth-order valence-corrected chi connectivity index (χ4v) is 3.43. The molecule has 8 heteroatoms. The van der Waals surface area contributed by atoms with E-state index in [4.69, 9.17) is 5.73 Å². The Hall–Kier alpha value is -4.04. The van der Waals surface area contributed by atoms with Gasteiger partial charge in [0.2, 0.25) is 0 Å². The van der Waals surface area contributed by atoms with Gasteiger partial charge < -0.3 is 16.0 Å². The fourth-order valence-electron chi connectivity index (χ4n) is 3.43. The highest BCUT2D eigenvalue weighted by molar-refractivity contribution is 6.09. The molecule has 0 aliphatic rings. The number of fused-ring (bicyclic) bond motifs is 2. The maximum Gasteiger partial charge on any atom is 0.274 e. The van der Waals surface area contributed by atoms with Crippen molar-refractivity contribution in [2.75, 3.05) is 5.32 Å². The SMILES string of the molecule is NCc1cccc(C(=O)Nc2cc(-c3ccnc4[nH]ccc34)cc3[nH]ncc23)n1. The normalized spacial score (nSPS) is 11.2. The van der Waals surface area contributed by atoms with E-state index in [-0.39, 0.29) is 12.5 Å². The van der Waals surface area contributed by atoms with E-state index >= 15 is 0 Å². The number of aromatic nitrogens is 5. The summed E-state index contributed by atoms with van der Waals surface area (Å²) in [4.78, 5) is 24.6. The van der Waals surface area contributed by atoms with E-state index in [1.807, 2.05) is 30.5 Å². The number of amides is 1. The van der Waals surface area contributed by atoms with Crippen molar-refractivity contribution in [3.05, 3.63) is 72.4 Å². The molecule has 8 nitrogen and oxygen atoms in total. The summed E-state index contributed by atoms with van der Waals surface area (Å²) in [6.45, 7) is 0.275. The number of pyridine rings is 2. The highest BCUT2D eigenvalue weighted by atomic mass is 16.1. The molecule has 0 radical (unpaired) electrons. The summed E-state index contributed by atoms with van der Waals surface area (Å²) in [5, 5.41) is 11.9. The van der Waals surface area contributed by atoms with Crippen LogP contribution in [0, 0.1) is 0 Å². The lowest BCUT2D eigenvalue weighted by atomic mass is 10.0. The Morgan fingerprint density at radius 1 is 1.14 bits per heavy atom. The van der Waals surface area contributed by atoms with Crippen molar-refractivity contribution in [2.45, 2.75) is 6.54 Å². The number of nitrogens with one attached hydrogen (secondary N) is 3. The number of rotatable bonds is 4. The van der Waals surface area contributed by atoms with Crippen molar-refractivity contribution in [1.82, 2.24) is 25.1 Å². The Bertz CT molecular complexity index is 1350. The number of hydrogen-bond donors (Lipinski definition) is 4. The molecule has 4 heterocycles. The third-order valence-electron chi connectivity index (χ3n) is 4.83. The number of nitrogens with zero attached hydrogens (tertiary/aromatic N) is 3. The quantitative estimate of drug-likeness (QED) is 0.379. The van der Waals surface area contributed by atoms with Gasteiger partial charge >= 0.3 is 0 Å². The van der Waals surface area contributed by atoms with Gasteiger partial charge in [0.15, 0.2) is 0 Å². The van der Waals surface area contributed by atoms with Gasteiger partial charge in [-0.3, -0.25) is 9.89 Å². The Kier molecular flexibility index (Phi) is 4.03. The Labute approximate surface area is 165 Å². The number of carbonyl (C=O) groups excluding carboxylic acids is 1. The molecule has 0 unspecified atom stereocenters. The van der Waals surface area contributed by atoms with Gasteiger partial charge in [0.05, 0.1) is 23.1 Å². The van der Waals surface area contributed by atoms with Crippen LogP contribution in [0.4, 0.5) is 5.69 Å². The summed E-state index contributed by atoms with van der Waals surface area (Å²) in [7, 11) is 0. The molecule has 5 aromatic rings. The van der Waals surface area contributed by atoms with Crippen LogP contribution >= 0.6 is 0 Å². The average Bonchev–Trinajstić information content (AvgIpc) is 3.42. The van der Waals surface area contributed by atoms with E-state index in [0.29, 0.717) is 17.1 Å². The van der Waals surface area contributed by atoms with Crippen LogP contribution in [-0.2, 0) is 6.54 Å². The second-order valence-corrected chi connectivity index (χ2v) is 6.63. The third-order valence-corrected chi connectivity index (χ3v) is 4.83. The third kappa shape index (κ3) is 3.01. The van der Waals surface area contributed by atoms with Crippen molar-refractivity contribution in [1.29, 1.82) is 0 Å². The molecular formula is C21H17N7O. The summed E-state index contributed by atoms with van der Waals surface area (Å²) in [5.74, 6) is -0.304. The van der Waals surface area contributed by atoms with Gasteiger partial charge in [-0.1, -0.05) is 6.07 Å². The molecule has 4 aromatic heterocycles. The van der Waals surface area contributed by atoms with E-state index in [9.17, 15) is 4.79 Å². The van der Waals surface area contributed by atoms with Gasteiger partial charge in [0.25, 0.3) is 5.91 Å². The Morgan fingerprint density at radius 2 is 2.07 bits per heavy atom. The number of H-pyrrole nitrogens is 2. The molecule has 5 N–H and O–H groups in total. The van der Waals surface area contributed by atoms with Crippen molar-refractivity contribution < 1.29 is 4.79 Å². The predicted octanol–water partition coefficient (Wildman–Crippen LogP) is 3.21. The van der Waals surface area contributed by atoms with Crippen LogP contribution in [0.3, 0.4) is 0 Å². The van der Waals surface area contributed by atoms with Crippen LogP contribution in [0.25, 0.3) is 33.1 Å². The van der Waals surface area contributed by atoms with Gasteiger partial charge in [0, 0.05) is 29.7 Å². The number of anilines is 1. The largest absolute Gasteiger partial charge is 0.346 e. The molecule has 5 rings (SSSR count). The fraction of sp³-hybridized carbons (Fsp3) is 0.0476. The van der Waals surface area contributed by atoms with Gasteiger partial charge in [-0.2, -0.15) is 5.10 Å². The lowest BCUT2D eigenvalue weighted by Crippen LogP contribution is -2.15. The molecule has 29 heavy (non-hydrogen) atoms. The number of hydrogen-bond acceptors (Lipinski definition) is 5. The first kappa shape index (κ1) is 17.1. The van der Waals surface area contributed by atoms with Crippen LogP contribution in [0.15, 0.2) is 61.1 Å². The monoisotopic (exact) mass is 383 g/mol. The van der Waals surface area contributed by atoms with Crippen molar-refractivity contribution in [3.8, 4) is 11.1 Å². The first-order chi connectivity index (χ1) is 14.2. The Balaban J connectivity index is 1.59. The van der Waals surface area contributed by atoms with Crippen molar-refractivity contribution >= 4 is 33.5 Å². The number of benzene rings is 1. The second-order valence-electron chi connectivity index (χ2n) is 6.63. The Morgan fingerprint density at radius 3 is 2.97 bits per heavy atom. The minimum absolute atomic E-state index is 0.275. The lowest BCUT2D eigenvalue weighted by Gasteiger charge is -2.10. The molecule has 0 fully saturated rings. The summed E-state index contributed by atoms with van der Waals surface area (Å²) < 4.78 is 0. The predicted molar refractivity (Wildman–Crippen MR) is 111 cm³/mol. The first-order valence-electron chi connectivity index (χ1n) is 9.10. The molecule has 1 amide bonds. The summed E-state index contributed by atoms with van der Waals surface area (Å²) in [6, 6.07) is 13.1. The molecule has 0 saturated carbocycles. The van der Waals surface area contributed by atoms with Gasteiger partial charge in [0.1, 0.15) is 11.3 Å². The molecule has 0 spiro atoms. The van der Waals surface area contributed by atoms with E-state index in [0.717, 1.165) is 33.1 Å². The minimum atomic E-state index is -0.304.